The number of rotatable bonds is 1. The maximum atomic E-state index is 13.6. The number of fused-ring (bicyclic) bond motifs is 1. The van der Waals surface area contributed by atoms with E-state index in [0.717, 1.165) is 22.2 Å². The molecule has 0 fully saturated rings. The van der Waals surface area contributed by atoms with Crippen LogP contribution >= 0.6 is 0 Å². The highest BCUT2D eigenvalue weighted by Crippen LogP contribution is 2.25. The van der Waals surface area contributed by atoms with Crippen LogP contribution in [0.5, 0.6) is 0 Å². The van der Waals surface area contributed by atoms with Gasteiger partial charge >= 0.3 is 0 Å². The molecule has 0 unspecified atom stereocenters. The van der Waals surface area contributed by atoms with Gasteiger partial charge in [-0.25, -0.2) is 4.39 Å². The molecule has 1 N–H and O–H groups in total. The van der Waals surface area contributed by atoms with Gasteiger partial charge in [0.15, 0.2) is 0 Å². The number of H-pyrrole nitrogens is 1. The normalized spacial score (nSPS) is 10.5. The van der Waals surface area contributed by atoms with Gasteiger partial charge in [0.2, 0.25) is 0 Å². The smallest absolute Gasteiger partial charge is 0.147 e. The van der Waals surface area contributed by atoms with Crippen LogP contribution in [0, 0.1) is 31.0 Å². The predicted molar refractivity (Wildman–Crippen MR) is 57.0 cm³/mol. The molecule has 0 bridgehead atoms. The molecule has 0 spiro atoms. The van der Waals surface area contributed by atoms with Gasteiger partial charge in [0.1, 0.15) is 5.82 Å². The molecule has 0 amide bonds. The van der Waals surface area contributed by atoms with Crippen LogP contribution in [0.3, 0.4) is 0 Å². The summed E-state index contributed by atoms with van der Waals surface area (Å²) in [4.78, 5) is 3.01. The highest BCUT2D eigenvalue weighted by atomic mass is 19.1. The van der Waals surface area contributed by atoms with E-state index in [9.17, 15) is 4.39 Å². The zero-order valence-electron chi connectivity index (χ0n) is 8.69. The third-order valence-corrected chi connectivity index (χ3v) is 2.71. The Balaban J connectivity index is 2.75. The minimum absolute atomic E-state index is 0.247. The third-order valence-electron chi connectivity index (χ3n) is 2.71. The minimum Gasteiger partial charge on any atom is -0.356 e. The van der Waals surface area contributed by atoms with Crippen LogP contribution in [0.1, 0.15) is 16.8 Å². The summed E-state index contributed by atoms with van der Waals surface area (Å²) in [5, 5.41) is 9.45. The second-order valence-corrected chi connectivity index (χ2v) is 3.71. The molecule has 2 aromatic rings. The number of halogens is 1. The number of hydrogen-bond acceptors (Lipinski definition) is 1. The molecule has 2 nitrogen and oxygen atoms in total. The van der Waals surface area contributed by atoms with Crippen molar-refractivity contribution in [1.29, 1.82) is 5.26 Å². The van der Waals surface area contributed by atoms with E-state index < -0.39 is 0 Å². The lowest BCUT2D eigenvalue weighted by Crippen LogP contribution is -1.86. The summed E-state index contributed by atoms with van der Waals surface area (Å²) in [6.07, 6.45) is 0.247. The van der Waals surface area contributed by atoms with Gasteiger partial charge in [-0.2, -0.15) is 5.26 Å². The van der Waals surface area contributed by atoms with Crippen LogP contribution in [-0.4, -0.2) is 4.98 Å². The van der Waals surface area contributed by atoms with E-state index >= 15 is 0 Å². The maximum Gasteiger partial charge on any atom is 0.147 e. The fourth-order valence-corrected chi connectivity index (χ4v) is 1.76. The molecule has 1 aromatic carbocycles. The van der Waals surface area contributed by atoms with Crippen molar-refractivity contribution in [2.24, 2.45) is 0 Å². The average molecular weight is 202 g/mol. The van der Waals surface area contributed by atoms with E-state index in [1.54, 1.807) is 0 Å². The Hall–Kier alpha value is -1.82. The van der Waals surface area contributed by atoms with Crippen LogP contribution in [0.4, 0.5) is 4.39 Å². The van der Waals surface area contributed by atoms with Crippen LogP contribution in [0.15, 0.2) is 12.1 Å². The standard InChI is InChI=1S/C12H11FN2/c1-7-8(2)15-12-10(7)5-9(3-4-14)6-11(12)13/h5-6,15H,3H2,1-2H3. The quantitative estimate of drug-likeness (QED) is 0.758. The fraction of sp³-hybridized carbons (Fsp3) is 0.250. The average Bonchev–Trinajstić information content (AvgIpc) is 2.46. The molecule has 0 aliphatic heterocycles. The molecule has 0 saturated carbocycles. The molecular weight excluding hydrogens is 191 g/mol. The Morgan fingerprint density at radius 3 is 2.80 bits per heavy atom. The topological polar surface area (TPSA) is 39.6 Å². The van der Waals surface area contributed by atoms with Crippen LogP contribution in [-0.2, 0) is 6.42 Å². The third kappa shape index (κ3) is 1.48. The molecule has 0 atom stereocenters. The molecular formula is C12H11FN2. The summed E-state index contributed by atoms with van der Waals surface area (Å²) in [7, 11) is 0. The number of nitrogens with one attached hydrogen (secondary N) is 1. The van der Waals surface area contributed by atoms with Crippen molar-refractivity contribution in [2.75, 3.05) is 0 Å². The van der Waals surface area contributed by atoms with E-state index in [2.05, 4.69) is 4.98 Å². The second-order valence-electron chi connectivity index (χ2n) is 3.71. The molecule has 1 heterocycles. The predicted octanol–water partition coefficient (Wildman–Crippen LogP) is 2.99. The van der Waals surface area contributed by atoms with Gasteiger partial charge in [0.05, 0.1) is 18.0 Å². The number of nitrogens with zero attached hydrogens (tertiary/aromatic N) is 1. The van der Waals surface area contributed by atoms with Crippen molar-refractivity contribution in [3.63, 3.8) is 0 Å². The van der Waals surface area contributed by atoms with Gasteiger partial charge < -0.3 is 4.98 Å². The van der Waals surface area contributed by atoms with Crippen molar-refractivity contribution < 1.29 is 4.39 Å². The Labute approximate surface area is 87.3 Å². The zero-order valence-corrected chi connectivity index (χ0v) is 8.69. The highest BCUT2D eigenvalue weighted by molar-refractivity contribution is 5.85. The minimum atomic E-state index is -0.283. The lowest BCUT2D eigenvalue weighted by molar-refractivity contribution is 0.635. The van der Waals surface area contributed by atoms with Crippen LogP contribution in [0.25, 0.3) is 10.9 Å². The summed E-state index contributed by atoms with van der Waals surface area (Å²) in [6, 6.07) is 5.32. The van der Waals surface area contributed by atoms with Crippen molar-refractivity contribution in [2.45, 2.75) is 20.3 Å². The molecule has 76 valence electrons. The maximum absolute atomic E-state index is 13.6. The molecule has 0 radical (unpaired) electrons. The molecule has 0 aliphatic carbocycles. The van der Waals surface area contributed by atoms with E-state index in [4.69, 9.17) is 5.26 Å². The number of hydrogen-bond donors (Lipinski definition) is 1. The molecule has 0 aliphatic rings. The van der Waals surface area contributed by atoms with Crippen molar-refractivity contribution in [1.82, 2.24) is 4.98 Å². The largest absolute Gasteiger partial charge is 0.356 e. The number of aryl methyl sites for hydroxylation is 2. The lowest BCUT2D eigenvalue weighted by atomic mass is 10.1. The first kappa shape index (κ1) is 9.72. The summed E-state index contributed by atoms with van der Waals surface area (Å²) < 4.78 is 13.6. The fourth-order valence-electron chi connectivity index (χ4n) is 1.76. The van der Waals surface area contributed by atoms with E-state index in [1.807, 2.05) is 26.0 Å². The van der Waals surface area contributed by atoms with E-state index in [0.29, 0.717) is 5.52 Å². The van der Waals surface area contributed by atoms with E-state index in [1.165, 1.54) is 6.07 Å². The van der Waals surface area contributed by atoms with Gasteiger partial charge in [-0.05, 0) is 37.1 Å². The monoisotopic (exact) mass is 202 g/mol. The second kappa shape index (κ2) is 3.39. The SMILES string of the molecule is Cc1[nH]c2c(F)cc(CC#N)cc2c1C. The summed E-state index contributed by atoms with van der Waals surface area (Å²) in [5.74, 6) is -0.283. The highest BCUT2D eigenvalue weighted by Gasteiger charge is 2.09. The zero-order chi connectivity index (χ0) is 11.0. The molecule has 1 aromatic heterocycles. The van der Waals surface area contributed by atoms with Crippen molar-refractivity contribution in [3.05, 3.63) is 34.8 Å². The summed E-state index contributed by atoms with van der Waals surface area (Å²) in [6.45, 7) is 3.86. The lowest BCUT2D eigenvalue weighted by Gasteiger charge is -1.98. The number of aromatic nitrogens is 1. The number of aromatic amines is 1. The number of nitriles is 1. The van der Waals surface area contributed by atoms with Crippen molar-refractivity contribution >= 4 is 10.9 Å². The van der Waals surface area contributed by atoms with Gasteiger partial charge in [-0.15, -0.1) is 0 Å². The molecule has 0 saturated heterocycles. The van der Waals surface area contributed by atoms with Gasteiger partial charge in [-0.1, -0.05) is 0 Å². The van der Waals surface area contributed by atoms with Gasteiger partial charge in [0.25, 0.3) is 0 Å². The van der Waals surface area contributed by atoms with Crippen molar-refractivity contribution in [3.8, 4) is 6.07 Å². The molecule has 3 heteroatoms. The first-order valence-corrected chi connectivity index (χ1v) is 4.77. The molecule has 2 rings (SSSR count). The Morgan fingerprint density at radius 1 is 1.40 bits per heavy atom. The molecule has 15 heavy (non-hydrogen) atoms. The van der Waals surface area contributed by atoms with E-state index in [-0.39, 0.29) is 12.2 Å². The first-order valence-electron chi connectivity index (χ1n) is 4.77. The van der Waals surface area contributed by atoms with Crippen LogP contribution < -0.4 is 0 Å². The van der Waals surface area contributed by atoms with Gasteiger partial charge in [-0.3, -0.25) is 0 Å². The number of benzene rings is 1. The van der Waals surface area contributed by atoms with Crippen LogP contribution in [0.2, 0.25) is 0 Å². The van der Waals surface area contributed by atoms with Gasteiger partial charge in [0, 0.05) is 11.1 Å². The summed E-state index contributed by atoms with van der Waals surface area (Å²) in [5.41, 5.74) is 3.28. The Bertz CT molecular complexity index is 561. The summed E-state index contributed by atoms with van der Waals surface area (Å²) >= 11 is 0. The first-order chi connectivity index (χ1) is 7.13. The Morgan fingerprint density at radius 2 is 2.13 bits per heavy atom. The Kier molecular flexibility index (Phi) is 2.20.